The Hall–Kier alpha value is -6.09. The molecule has 1 aliphatic rings. The minimum Gasteiger partial charge on any atom is -0.309 e. The van der Waals surface area contributed by atoms with Crippen LogP contribution in [0.1, 0.15) is 11.1 Å². The lowest BCUT2D eigenvalue weighted by Crippen LogP contribution is -2.54. The standard InChI is InChI=1S/C34H24N4O5/c1-22-10-8-9-15-29(22)37-33(40)28(32(39)35-34(37)41)20-25-21-30(23-11-4-2-5-12-23)36(31(25)24-13-6-3-7-14-24)26-16-18-27(19-17-26)38(42)43/h2-21H,1H3,(H,35,39,41)/b28-20-. The lowest BCUT2D eigenvalue weighted by Gasteiger charge is -2.27. The van der Waals surface area contributed by atoms with Crippen molar-refractivity contribution in [3.05, 3.63) is 142 Å². The number of anilines is 1. The maximum atomic E-state index is 13.8. The zero-order valence-electron chi connectivity index (χ0n) is 22.9. The molecule has 1 aromatic heterocycles. The van der Waals surface area contributed by atoms with Crippen LogP contribution < -0.4 is 10.2 Å². The van der Waals surface area contributed by atoms with Gasteiger partial charge in [0.15, 0.2) is 0 Å². The van der Waals surface area contributed by atoms with Crippen LogP contribution in [0.5, 0.6) is 0 Å². The highest BCUT2D eigenvalue weighted by Gasteiger charge is 2.37. The number of urea groups is 1. The number of carbonyl (C=O) groups is 3. The van der Waals surface area contributed by atoms with Crippen molar-refractivity contribution in [2.45, 2.75) is 6.92 Å². The van der Waals surface area contributed by atoms with E-state index in [0.29, 0.717) is 28.2 Å². The second kappa shape index (κ2) is 11.1. The summed E-state index contributed by atoms with van der Waals surface area (Å²) in [6.07, 6.45) is 1.49. The molecule has 0 saturated carbocycles. The fraction of sp³-hybridized carbons (Fsp3) is 0.0294. The number of nitrogens with one attached hydrogen (secondary N) is 1. The van der Waals surface area contributed by atoms with Crippen molar-refractivity contribution in [1.29, 1.82) is 0 Å². The number of benzene rings is 4. The van der Waals surface area contributed by atoms with Crippen molar-refractivity contribution >= 4 is 35.3 Å². The Labute approximate surface area is 246 Å². The Morgan fingerprint density at radius 2 is 1.37 bits per heavy atom. The van der Waals surface area contributed by atoms with Crippen LogP contribution in [0.25, 0.3) is 34.3 Å². The van der Waals surface area contributed by atoms with Crippen molar-refractivity contribution in [3.8, 4) is 28.2 Å². The predicted octanol–water partition coefficient (Wildman–Crippen LogP) is 6.69. The zero-order chi connectivity index (χ0) is 30.1. The molecule has 43 heavy (non-hydrogen) atoms. The van der Waals surface area contributed by atoms with Crippen molar-refractivity contribution < 1.29 is 19.3 Å². The van der Waals surface area contributed by atoms with Crippen LogP contribution >= 0.6 is 0 Å². The molecule has 6 rings (SSSR count). The molecule has 1 aliphatic heterocycles. The number of hydrogen-bond donors (Lipinski definition) is 1. The van der Waals surface area contributed by atoms with Crippen LogP contribution in [0.2, 0.25) is 0 Å². The lowest BCUT2D eigenvalue weighted by molar-refractivity contribution is -0.384. The molecular weight excluding hydrogens is 544 g/mol. The third kappa shape index (κ3) is 5.00. The van der Waals surface area contributed by atoms with Gasteiger partial charge in [0.25, 0.3) is 17.5 Å². The largest absolute Gasteiger partial charge is 0.335 e. The molecule has 2 heterocycles. The summed E-state index contributed by atoms with van der Waals surface area (Å²) in [6, 6.07) is 33.1. The highest BCUT2D eigenvalue weighted by Crippen LogP contribution is 2.38. The Morgan fingerprint density at radius 3 is 2.00 bits per heavy atom. The van der Waals surface area contributed by atoms with Gasteiger partial charge in [0.2, 0.25) is 0 Å². The predicted molar refractivity (Wildman–Crippen MR) is 163 cm³/mol. The Balaban J connectivity index is 1.60. The smallest absolute Gasteiger partial charge is 0.309 e. The number of nitrogens with zero attached hydrogens (tertiary/aromatic N) is 3. The van der Waals surface area contributed by atoms with Gasteiger partial charge < -0.3 is 4.57 Å². The molecule has 1 fully saturated rings. The fourth-order valence-electron chi connectivity index (χ4n) is 5.19. The summed E-state index contributed by atoms with van der Waals surface area (Å²) in [6.45, 7) is 1.78. The van der Waals surface area contributed by atoms with Gasteiger partial charge in [0.1, 0.15) is 5.57 Å². The van der Waals surface area contributed by atoms with Crippen molar-refractivity contribution in [1.82, 2.24) is 9.88 Å². The average Bonchev–Trinajstić information content (AvgIpc) is 3.40. The van der Waals surface area contributed by atoms with Gasteiger partial charge in [-0.15, -0.1) is 0 Å². The van der Waals surface area contributed by atoms with E-state index in [-0.39, 0.29) is 11.3 Å². The van der Waals surface area contributed by atoms with Gasteiger partial charge in [-0.3, -0.25) is 25.0 Å². The third-order valence-electron chi connectivity index (χ3n) is 7.22. The molecule has 0 unspecified atom stereocenters. The highest BCUT2D eigenvalue weighted by atomic mass is 16.6. The van der Waals surface area contributed by atoms with E-state index in [2.05, 4.69) is 5.32 Å². The second-order valence-electron chi connectivity index (χ2n) is 9.92. The van der Waals surface area contributed by atoms with Gasteiger partial charge in [-0.25, -0.2) is 9.69 Å². The van der Waals surface area contributed by atoms with Gasteiger partial charge in [-0.2, -0.15) is 0 Å². The summed E-state index contributed by atoms with van der Waals surface area (Å²) in [5.41, 5.74) is 5.01. The highest BCUT2D eigenvalue weighted by molar-refractivity contribution is 6.39. The minimum absolute atomic E-state index is 0.0498. The van der Waals surface area contributed by atoms with Gasteiger partial charge in [0.05, 0.1) is 22.0 Å². The summed E-state index contributed by atoms with van der Waals surface area (Å²) in [7, 11) is 0. The molecule has 4 amide bonds. The van der Waals surface area contributed by atoms with E-state index in [9.17, 15) is 24.5 Å². The van der Waals surface area contributed by atoms with E-state index in [1.807, 2.05) is 71.3 Å². The molecule has 0 atom stereocenters. The summed E-state index contributed by atoms with van der Waals surface area (Å²) in [5.74, 6) is -1.55. The van der Waals surface area contributed by atoms with E-state index in [1.54, 1.807) is 43.3 Å². The number of hydrogen-bond acceptors (Lipinski definition) is 5. The van der Waals surface area contributed by atoms with Crippen molar-refractivity contribution in [3.63, 3.8) is 0 Å². The van der Waals surface area contributed by atoms with E-state index in [0.717, 1.165) is 21.7 Å². The van der Waals surface area contributed by atoms with Crippen LogP contribution in [-0.2, 0) is 9.59 Å². The monoisotopic (exact) mass is 568 g/mol. The molecule has 210 valence electrons. The van der Waals surface area contributed by atoms with Crippen LogP contribution in [-0.4, -0.2) is 27.3 Å². The average molecular weight is 569 g/mol. The normalized spacial score (nSPS) is 14.2. The van der Waals surface area contributed by atoms with Gasteiger partial charge >= 0.3 is 6.03 Å². The molecule has 0 bridgehead atoms. The Bertz CT molecular complexity index is 1930. The van der Waals surface area contributed by atoms with E-state index in [4.69, 9.17) is 0 Å². The number of aryl methyl sites for hydroxylation is 1. The summed E-state index contributed by atoms with van der Waals surface area (Å²) < 4.78 is 1.94. The second-order valence-corrected chi connectivity index (χ2v) is 9.92. The molecule has 9 nitrogen and oxygen atoms in total. The third-order valence-corrected chi connectivity index (χ3v) is 7.22. The first-order valence-corrected chi connectivity index (χ1v) is 13.4. The lowest BCUT2D eigenvalue weighted by atomic mass is 10.0. The molecular formula is C34H24N4O5. The molecule has 9 heteroatoms. The number of aromatic nitrogens is 1. The molecule has 0 aliphatic carbocycles. The maximum Gasteiger partial charge on any atom is 0.335 e. The number of nitro groups is 1. The van der Waals surface area contributed by atoms with Gasteiger partial charge in [0, 0.05) is 23.4 Å². The number of barbiturate groups is 1. The Morgan fingerprint density at radius 1 is 0.767 bits per heavy atom. The SMILES string of the molecule is Cc1ccccc1N1C(=O)NC(=O)/C(=C/c2cc(-c3ccccc3)n(-c3ccc([N+](=O)[O-])cc3)c2-c2ccccc2)C1=O. The number of imide groups is 2. The van der Waals surface area contributed by atoms with Gasteiger partial charge in [-0.05, 0) is 54.0 Å². The van der Waals surface area contributed by atoms with Crippen molar-refractivity contribution in [2.75, 3.05) is 4.90 Å². The molecule has 1 N–H and O–H groups in total. The fourth-order valence-corrected chi connectivity index (χ4v) is 5.19. The molecule has 0 radical (unpaired) electrons. The molecule has 0 spiro atoms. The molecule has 4 aromatic carbocycles. The first-order valence-electron chi connectivity index (χ1n) is 13.4. The maximum absolute atomic E-state index is 13.8. The quantitative estimate of drug-likeness (QED) is 0.106. The van der Waals surface area contributed by atoms with Gasteiger partial charge in [-0.1, -0.05) is 78.9 Å². The molecule has 1 saturated heterocycles. The summed E-state index contributed by atoms with van der Waals surface area (Å²) in [5, 5.41) is 13.7. The topological polar surface area (TPSA) is 115 Å². The first kappa shape index (κ1) is 27.1. The van der Waals surface area contributed by atoms with Crippen LogP contribution in [0.4, 0.5) is 16.2 Å². The van der Waals surface area contributed by atoms with E-state index in [1.165, 1.54) is 18.2 Å². The van der Waals surface area contributed by atoms with Crippen LogP contribution in [0, 0.1) is 17.0 Å². The number of non-ortho nitro benzene ring substituents is 1. The number of amides is 4. The summed E-state index contributed by atoms with van der Waals surface area (Å²) in [4.78, 5) is 51.7. The number of carbonyl (C=O) groups excluding carboxylic acids is 3. The zero-order valence-corrected chi connectivity index (χ0v) is 22.9. The van der Waals surface area contributed by atoms with Crippen LogP contribution in [0.15, 0.2) is 121 Å². The first-order chi connectivity index (χ1) is 20.8. The minimum atomic E-state index is -0.821. The molecule has 5 aromatic rings. The number of para-hydroxylation sites is 1. The summed E-state index contributed by atoms with van der Waals surface area (Å²) >= 11 is 0. The number of nitro benzene ring substituents is 1. The van der Waals surface area contributed by atoms with E-state index < -0.39 is 22.8 Å². The Kier molecular flexibility index (Phi) is 6.97. The van der Waals surface area contributed by atoms with Crippen molar-refractivity contribution in [2.24, 2.45) is 0 Å². The number of rotatable bonds is 6. The van der Waals surface area contributed by atoms with E-state index >= 15 is 0 Å². The van der Waals surface area contributed by atoms with Crippen LogP contribution in [0.3, 0.4) is 0 Å².